The summed E-state index contributed by atoms with van der Waals surface area (Å²) in [6.45, 7) is 3.06. The van der Waals surface area contributed by atoms with Crippen molar-refractivity contribution in [3.63, 3.8) is 0 Å². The van der Waals surface area contributed by atoms with Gasteiger partial charge in [-0.3, -0.25) is 4.39 Å². The van der Waals surface area contributed by atoms with Crippen molar-refractivity contribution in [2.24, 2.45) is 0 Å². The quantitative estimate of drug-likeness (QED) is 0.395. The van der Waals surface area contributed by atoms with Crippen molar-refractivity contribution in [2.45, 2.75) is 20.0 Å². The molecule has 1 rings (SSSR count). The van der Waals surface area contributed by atoms with Gasteiger partial charge < -0.3 is 21.7 Å². The molecule has 0 radical (unpaired) electrons. The second-order valence-electron chi connectivity index (χ2n) is 2.57. The van der Waals surface area contributed by atoms with Gasteiger partial charge in [-0.15, -0.1) is 6.07 Å². The Morgan fingerprint density at radius 2 is 2.21 bits per heavy atom. The monoisotopic (exact) mass is 270 g/mol. The predicted octanol–water partition coefficient (Wildman–Crippen LogP) is -0.824. The number of benzene rings is 1. The van der Waals surface area contributed by atoms with Crippen LogP contribution in [0.2, 0.25) is 0 Å². The Balaban J connectivity index is 0. The molecule has 1 aromatic carbocycles. The largest absolute Gasteiger partial charge is 2.00 e. The molecular formula is C10H12BrFMgO. The van der Waals surface area contributed by atoms with E-state index in [1.807, 2.05) is 6.92 Å². The SMILES string of the molecule is CCCOCc1cc[c-]cc1F.[Br-].[Mg+2]. The van der Waals surface area contributed by atoms with Crippen LogP contribution >= 0.6 is 0 Å². The van der Waals surface area contributed by atoms with Gasteiger partial charge in [0.05, 0.1) is 6.61 Å². The molecule has 74 valence electrons. The minimum atomic E-state index is -0.242. The van der Waals surface area contributed by atoms with E-state index >= 15 is 0 Å². The van der Waals surface area contributed by atoms with E-state index in [0.717, 1.165) is 6.42 Å². The maximum atomic E-state index is 12.9. The third kappa shape index (κ3) is 5.96. The zero-order chi connectivity index (χ0) is 8.81. The average molecular weight is 271 g/mol. The number of ether oxygens (including phenoxy) is 1. The Morgan fingerprint density at radius 3 is 2.79 bits per heavy atom. The van der Waals surface area contributed by atoms with Crippen LogP contribution in [-0.2, 0) is 11.3 Å². The van der Waals surface area contributed by atoms with Crippen molar-refractivity contribution < 1.29 is 26.1 Å². The standard InChI is InChI=1S/C10H12FO.BrH.Mg/c1-2-7-12-8-9-5-3-4-6-10(9)11;;/h3,5-6H,2,7-8H2,1H3;1H;/q-1;;+2/p-1. The molecule has 0 fully saturated rings. The molecule has 1 nitrogen and oxygen atoms in total. The van der Waals surface area contributed by atoms with E-state index in [9.17, 15) is 4.39 Å². The molecule has 0 spiro atoms. The number of rotatable bonds is 4. The molecule has 1 aromatic rings. The van der Waals surface area contributed by atoms with Crippen LogP contribution in [0.1, 0.15) is 18.9 Å². The summed E-state index contributed by atoms with van der Waals surface area (Å²) in [7, 11) is 0. The van der Waals surface area contributed by atoms with E-state index in [1.54, 1.807) is 12.1 Å². The van der Waals surface area contributed by atoms with Gasteiger partial charge >= 0.3 is 23.1 Å². The van der Waals surface area contributed by atoms with Crippen LogP contribution in [0.4, 0.5) is 4.39 Å². The van der Waals surface area contributed by atoms with Crippen molar-refractivity contribution in [3.8, 4) is 0 Å². The molecule has 0 N–H and O–H groups in total. The molecule has 4 heteroatoms. The van der Waals surface area contributed by atoms with Gasteiger partial charge in [-0.05, 0) is 6.42 Å². The van der Waals surface area contributed by atoms with Crippen LogP contribution in [0.25, 0.3) is 0 Å². The zero-order valence-electron chi connectivity index (χ0n) is 8.22. The van der Waals surface area contributed by atoms with Gasteiger partial charge in [-0.2, -0.15) is 18.2 Å². The Labute approximate surface area is 111 Å². The van der Waals surface area contributed by atoms with Crippen molar-refractivity contribution >= 4 is 23.1 Å². The molecule has 0 atom stereocenters. The van der Waals surface area contributed by atoms with Crippen molar-refractivity contribution in [1.82, 2.24) is 0 Å². The molecule has 0 saturated heterocycles. The molecule has 0 unspecified atom stereocenters. The summed E-state index contributed by atoms with van der Waals surface area (Å²) in [6, 6.07) is 7.36. The summed E-state index contributed by atoms with van der Waals surface area (Å²) in [5, 5.41) is 0. The zero-order valence-corrected chi connectivity index (χ0v) is 11.2. The molecular weight excluding hydrogens is 259 g/mol. The summed E-state index contributed by atoms with van der Waals surface area (Å²) in [5.74, 6) is -0.242. The molecule has 0 heterocycles. The summed E-state index contributed by atoms with van der Waals surface area (Å²) in [4.78, 5) is 0. The normalized spacial score (nSPS) is 8.71. The molecule has 0 aliphatic carbocycles. The molecule has 0 amide bonds. The summed E-state index contributed by atoms with van der Waals surface area (Å²) in [6.07, 6.45) is 0.959. The first-order valence-electron chi connectivity index (χ1n) is 4.07. The van der Waals surface area contributed by atoms with Gasteiger partial charge in [-0.25, -0.2) is 0 Å². The van der Waals surface area contributed by atoms with Gasteiger partial charge in [0.1, 0.15) is 0 Å². The average Bonchev–Trinajstić information content (AvgIpc) is 2.09. The Hall–Kier alpha value is 0.356. The van der Waals surface area contributed by atoms with Gasteiger partial charge in [0, 0.05) is 12.4 Å². The maximum Gasteiger partial charge on any atom is 2.00 e. The van der Waals surface area contributed by atoms with Crippen molar-refractivity contribution in [2.75, 3.05) is 6.61 Å². The van der Waals surface area contributed by atoms with Crippen LogP contribution in [0.3, 0.4) is 0 Å². The number of hydrogen-bond donors (Lipinski definition) is 0. The Morgan fingerprint density at radius 1 is 1.50 bits per heavy atom. The van der Waals surface area contributed by atoms with Crippen molar-refractivity contribution in [1.29, 1.82) is 0 Å². The summed E-state index contributed by atoms with van der Waals surface area (Å²) < 4.78 is 18.1. The minimum absolute atomic E-state index is 0. The smallest absolute Gasteiger partial charge is 1.00 e. The molecule has 0 aliphatic rings. The first-order valence-corrected chi connectivity index (χ1v) is 4.07. The fraction of sp³-hybridized carbons (Fsp3) is 0.400. The van der Waals surface area contributed by atoms with E-state index in [-0.39, 0.29) is 45.9 Å². The van der Waals surface area contributed by atoms with E-state index in [4.69, 9.17) is 4.74 Å². The van der Waals surface area contributed by atoms with Crippen LogP contribution in [0.15, 0.2) is 18.2 Å². The van der Waals surface area contributed by atoms with Gasteiger partial charge in [-0.1, -0.05) is 12.5 Å². The summed E-state index contributed by atoms with van der Waals surface area (Å²) >= 11 is 0. The van der Waals surface area contributed by atoms with E-state index < -0.39 is 0 Å². The van der Waals surface area contributed by atoms with E-state index in [1.165, 1.54) is 6.07 Å². The van der Waals surface area contributed by atoms with Crippen molar-refractivity contribution in [3.05, 3.63) is 35.6 Å². The van der Waals surface area contributed by atoms with Gasteiger partial charge in [0.15, 0.2) is 0 Å². The van der Waals surface area contributed by atoms with Crippen LogP contribution < -0.4 is 17.0 Å². The molecule has 0 bridgehead atoms. The van der Waals surface area contributed by atoms with E-state index in [2.05, 4.69) is 6.07 Å². The fourth-order valence-electron chi connectivity index (χ4n) is 0.886. The predicted molar refractivity (Wildman–Crippen MR) is 50.9 cm³/mol. The second-order valence-corrected chi connectivity index (χ2v) is 2.57. The third-order valence-corrected chi connectivity index (χ3v) is 1.50. The topological polar surface area (TPSA) is 9.23 Å². The van der Waals surface area contributed by atoms with Crippen LogP contribution in [0.5, 0.6) is 0 Å². The van der Waals surface area contributed by atoms with Gasteiger partial charge in [0.2, 0.25) is 0 Å². The third-order valence-electron chi connectivity index (χ3n) is 1.50. The molecule has 0 saturated carbocycles. The second kappa shape index (κ2) is 9.89. The van der Waals surface area contributed by atoms with Gasteiger partial charge in [0.25, 0.3) is 0 Å². The summed E-state index contributed by atoms with van der Waals surface area (Å²) in [5.41, 5.74) is 0.599. The minimum Gasteiger partial charge on any atom is -1.00 e. The fourth-order valence-corrected chi connectivity index (χ4v) is 0.886. The first-order chi connectivity index (χ1) is 5.84. The molecule has 0 aromatic heterocycles. The first kappa shape index (κ1) is 16.8. The maximum absolute atomic E-state index is 12.9. The number of hydrogen-bond acceptors (Lipinski definition) is 1. The van der Waals surface area contributed by atoms with Crippen LogP contribution in [-0.4, -0.2) is 29.7 Å². The van der Waals surface area contributed by atoms with E-state index in [0.29, 0.717) is 18.8 Å². The molecule has 0 aliphatic heterocycles. The van der Waals surface area contributed by atoms with Crippen LogP contribution in [0, 0.1) is 11.9 Å². The molecule has 14 heavy (non-hydrogen) atoms. The Bertz CT molecular complexity index is 245. The number of halogens is 2. The Kier molecular flexibility index (Phi) is 11.9.